The lowest BCUT2D eigenvalue weighted by molar-refractivity contribution is 0.457. The topological polar surface area (TPSA) is 97.4 Å². The summed E-state index contributed by atoms with van der Waals surface area (Å²) in [4.78, 5) is 4.09. The van der Waals surface area contributed by atoms with E-state index in [9.17, 15) is 8.42 Å². The predicted molar refractivity (Wildman–Crippen MR) is 76.1 cm³/mol. The zero-order valence-electron chi connectivity index (χ0n) is 12.3. The molecule has 21 heavy (non-hydrogen) atoms. The third-order valence-electron chi connectivity index (χ3n) is 2.84. The maximum absolute atomic E-state index is 12.3. The quantitative estimate of drug-likeness (QED) is 0.803. The summed E-state index contributed by atoms with van der Waals surface area (Å²) in [7, 11) is -3.66. The molecule has 2 rings (SSSR count). The highest BCUT2D eigenvalue weighted by Gasteiger charge is 2.21. The van der Waals surface area contributed by atoms with Gasteiger partial charge in [-0.05, 0) is 20.4 Å². The molecule has 8 heteroatoms. The lowest BCUT2D eigenvalue weighted by atomic mass is 10.4. The monoisotopic (exact) mass is 313 g/mol. The molecule has 2 aromatic rings. The number of nitrogens with one attached hydrogen (secondary N) is 2. The smallest absolute Gasteiger partial charge is 0.244 e. The van der Waals surface area contributed by atoms with Gasteiger partial charge < -0.3 is 14.2 Å². The van der Waals surface area contributed by atoms with Crippen molar-refractivity contribution in [3.05, 3.63) is 35.4 Å². The molecule has 0 saturated heterocycles. The molecule has 0 aliphatic rings. The first-order valence-electron chi connectivity index (χ1n) is 6.63. The van der Waals surface area contributed by atoms with E-state index in [4.69, 9.17) is 8.83 Å². The summed E-state index contributed by atoms with van der Waals surface area (Å²) in [5.41, 5.74) is 0. The van der Waals surface area contributed by atoms with Crippen molar-refractivity contribution in [2.75, 3.05) is 6.54 Å². The lowest BCUT2D eigenvalue weighted by Gasteiger charge is -2.02. The zero-order valence-corrected chi connectivity index (χ0v) is 13.1. The van der Waals surface area contributed by atoms with Gasteiger partial charge in [-0.1, -0.05) is 6.92 Å². The van der Waals surface area contributed by atoms with Crippen LogP contribution in [0.25, 0.3) is 0 Å². The number of aryl methyl sites for hydroxylation is 2. The molecule has 7 nitrogen and oxygen atoms in total. The zero-order chi connectivity index (χ0) is 15.5. The fourth-order valence-electron chi connectivity index (χ4n) is 1.84. The Balaban J connectivity index is 2.09. The van der Waals surface area contributed by atoms with Gasteiger partial charge in [-0.25, -0.2) is 18.1 Å². The van der Waals surface area contributed by atoms with Crippen LogP contribution in [0.4, 0.5) is 0 Å². The van der Waals surface area contributed by atoms with Crippen molar-refractivity contribution in [1.82, 2.24) is 15.0 Å². The maximum Gasteiger partial charge on any atom is 0.244 e. The highest BCUT2D eigenvalue weighted by molar-refractivity contribution is 7.89. The van der Waals surface area contributed by atoms with Gasteiger partial charge in [-0.2, -0.15) is 0 Å². The Hall–Kier alpha value is -1.64. The number of rotatable bonds is 7. The molecule has 0 spiro atoms. The molecule has 0 aliphatic carbocycles. The van der Waals surface area contributed by atoms with Crippen LogP contribution in [0.1, 0.15) is 30.1 Å². The van der Waals surface area contributed by atoms with Gasteiger partial charge in [0.05, 0.1) is 19.3 Å². The molecule has 0 unspecified atom stereocenters. The summed E-state index contributed by atoms with van der Waals surface area (Å²) in [6, 6.07) is 1.53. The first-order valence-corrected chi connectivity index (χ1v) is 8.11. The van der Waals surface area contributed by atoms with E-state index < -0.39 is 10.0 Å². The fraction of sp³-hybridized carbons (Fsp3) is 0.462. The first kappa shape index (κ1) is 15.7. The van der Waals surface area contributed by atoms with Gasteiger partial charge in [0, 0.05) is 6.07 Å². The second-order valence-electron chi connectivity index (χ2n) is 4.60. The van der Waals surface area contributed by atoms with Crippen LogP contribution in [-0.4, -0.2) is 19.9 Å². The van der Waals surface area contributed by atoms with Gasteiger partial charge in [0.15, 0.2) is 0 Å². The number of nitrogens with zero attached hydrogens (tertiary/aromatic N) is 1. The van der Waals surface area contributed by atoms with Crippen LogP contribution in [0.5, 0.6) is 0 Å². The van der Waals surface area contributed by atoms with Crippen molar-refractivity contribution in [2.24, 2.45) is 0 Å². The van der Waals surface area contributed by atoms with E-state index in [0.717, 1.165) is 6.54 Å². The molecule has 0 bridgehead atoms. The summed E-state index contributed by atoms with van der Waals surface area (Å²) in [6.07, 6.45) is 1.54. The fourth-order valence-corrected chi connectivity index (χ4v) is 3.02. The Morgan fingerprint density at radius 1 is 1.24 bits per heavy atom. The first-order chi connectivity index (χ1) is 9.92. The van der Waals surface area contributed by atoms with Crippen molar-refractivity contribution in [2.45, 2.75) is 38.8 Å². The van der Waals surface area contributed by atoms with Crippen LogP contribution in [0.3, 0.4) is 0 Å². The summed E-state index contributed by atoms with van der Waals surface area (Å²) in [6.45, 7) is 6.61. The SMILES string of the molecule is CCNCc1cc(S(=O)(=O)NCc2ncc(C)o2)c(C)o1. The maximum atomic E-state index is 12.3. The molecular formula is C13H19N3O4S. The largest absolute Gasteiger partial charge is 0.464 e. The minimum Gasteiger partial charge on any atom is -0.464 e. The Labute approximate surface area is 123 Å². The van der Waals surface area contributed by atoms with E-state index in [2.05, 4.69) is 15.0 Å². The molecular weight excluding hydrogens is 294 g/mol. The summed E-state index contributed by atoms with van der Waals surface area (Å²) < 4.78 is 37.6. The number of aromatic nitrogens is 1. The average molecular weight is 313 g/mol. The van der Waals surface area contributed by atoms with Crippen LogP contribution >= 0.6 is 0 Å². The van der Waals surface area contributed by atoms with E-state index >= 15 is 0 Å². The minimum absolute atomic E-state index is 0.00331. The molecule has 116 valence electrons. The van der Waals surface area contributed by atoms with E-state index in [1.165, 1.54) is 6.07 Å². The average Bonchev–Trinajstić information content (AvgIpc) is 3.00. The predicted octanol–water partition coefficient (Wildman–Crippen LogP) is 1.47. The molecule has 2 N–H and O–H groups in total. The normalized spacial score (nSPS) is 12.0. The third-order valence-corrected chi connectivity index (χ3v) is 4.35. The van der Waals surface area contributed by atoms with Gasteiger partial charge in [0.1, 0.15) is 22.2 Å². The van der Waals surface area contributed by atoms with Crippen LogP contribution in [0, 0.1) is 13.8 Å². The highest BCUT2D eigenvalue weighted by atomic mass is 32.2. The molecule has 2 heterocycles. The number of sulfonamides is 1. The van der Waals surface area contributed by atoms with Gasteiger partial charge in [0.25, 0.3) is 0 Å². The van der Waals surface area contributed by atoms with Crippen molar-refractivity contribution in [3.63, 3.8) is 0 Å². The van der Waals surface area contributed by atoms with Crippen LogP contribution < -0.4 is 10.0 Å². The van der Waals surface area contributed by atoms with E-state index in [-0.39, 0.29) is 11.4 Å². The van der Waals surface area contributed by atoms with Gasteiger partial charge >= 0.3 is 0 Å². The van der Waals surface area contributed by atoms with Crippen LogP contribution in [-0.2, 0) is 23.1 Å². The summed E-state index contributed by atoms with van der Waals surface area (Å²) in [5.74, 6) is 1.90. The van der Waals surface area contributed by atoms with Gasteiger partial charge in [-0.15, -0.1) is 0 Å². The Morgan fingerprint density at radius 2 is 2.00 bits per heavy atom. The second kappa shape index (κ2) is 6.42. The number of hydrogen-bond donors (Lipinski definition) is 2. The molecule has 0 fully saturated rings. The van der Waals surface area contributed by atoms with E-state index in [0.29, 0.717) is 29.7 Å². The minimum atomic E-state index is -3.66. The van der Waals surface area contributed by atoms with Crippen molar-refractivity contribution in [1.29, 1.82) is 0 Å². The Kier molecular flexibility index (Phi) is 4.81. The Bertz CT molecular complexity index is 703. The molecule has 0 saturated carbocycles. The number of hydrogen-bond acceptors (Lipinski definition) is 6. The van der Waals surface area contributed by atoms with Gasteiger partial charge in [0.2, 0.25) is 15.9 Å². The van der Waals surface area contributed by atoms with E-state index in [1.54, 1.807) is 20.0 Å². The summed E-state index contributed by atoms with van der Waals surface area (Å²) in [5, 5.41) is 3.08. The summed E-state index contributed by atoms with van der Waals surface area (Å²) >= 11 is 0. The Morgan fingerprint density at radius 3 is 2.62 bits per heavy atom. The molecule has 0 atom stereocenters. The van der Waals surface area contributed by atoms with Crippen molar-refractivity contribution < 1.29 is 17.3 Å². The third kappa shape index (κ3) is 3.93. The van der Waals surface area contributed by atoms with Crippen LogP contribution in [0.15, 0.2) is 26.0 Å². The standard InChI is InChI=1S/C13H19N3O4S/c1-4-14-7-11-5-12(10(3)20-11)21(17,18)16-8-13-15-6-9(2)19-13/h5-6,14,16H,4,7-8H2,1-3H3. The molecule has 0 radical (unpaired) electrons. The lowest BCUT2D eigenvalue weighted by Crippen LogP contribution is -2.23. The van der Waals surface area contributed by atoms with Crippen molar-refractivity contribution >= 4 is 10.0 Å². The second-order valence-corrected chi connectivity index (χ2v) is 6.34. The molecule has 2 aromatic heterocycles. The highest BCUT2D eigenvalue weighted by Crippen LogP contribution is 2.20. The molecule has 0 aromatic carbocycles. The van der Waals surface area contributed by atoms with Crippen molar-refractivity contribution in [3.8, 4) is 0 Å². The molecule has 0 aliphatic heterocycles. The van der Waals surface area contributed by atoms with Gasteiger partial charge in [-0.3, -0.25) is 0 Å². The molecule has 0 amide bonds. The van der Waals surface area contributed by atoms with Crippen LogP contribution in [0.2, 0.25) is 0 Å². The number of furan rings is 1. The van der Waals surface area contributed by atoms with E-state index in [1.807, 2.05) is 6.92 Å². The number of oxazole rings is 1.